The fourth-order valence-electron chi connectivity index (χ4n) is 4.03. The van der Waals surface area contributed by atoms with Crippen LogP contribution in [0.3, 0.4) is 0 Å². The molecule has 142 valence electrons. The summed E-state index contributed by atoms with van der Waals surface area (Å²) < 4.78 is 14.6. The van der Waals surface area contributed by atoms with Gasteiger partial charge in [0.2, 0.25) is 0 Å². The second-order valence-corrected chi connectivity index (χ2v) is 7.38. The fourth-order valence-corrected chi connectivity index (χ4v) is 4.03. The minimum atomic E-state index is -0.533. The summed E-state index contributed by atoms with van der Waals surface area (Å²) in [4.78, 5) is 14.7. The molecule has 3 aromatic rings. The van der Waals surface area contributed by atoms with Crippen molar-refractivity contribution in [2.45, 2.75) is 51.6 Å². The van der Waals surface area contributed by atoms with Gasteiger partial charge in [-0.2, -0.15) is 5.10 Å². The molecule has 0 unspecified atom stereocenters. The van der Waals surface area contributed by atoms with Crippen LogP contribution in [0.4, 0.5) is 0 Å². The lowest BCUT2D eigenvalue weighted by atomic mass is 9.83. The third-order valence-electron chi connectivity index (χ3n) is 5.84. The van der Waals surface area contributed by atoms with Crippen LogP contribution < -0.4 is 5.56 Å². The van der Waals surface area contributed by atoms with Crippen LogP contribution in [0.15, 0.2) is 53.6 Å². The van der Waals surface area contributed by atoms with Gasteiger partial charge in [-0.25, -0.2) is 4.52 Å². The van der Waals surface area contributed by atoms with Crippen molar-refractivity contribution in [2.24, 2.45) is 5.92 Å². The number of fused-ring (bicyclic) bond motifs is 1. The van der Waals surface area contributed by atoms with Crippen LogP contribution >= 0.6 is 0 Å². The van der Waals surface area contributed by atoms with Crippen molar-refractivity contribution in [3.63, 3.8) is 0 Å². The maximum absolute atomic E-state index is 12.1. The van der Waals surface area contributed by atoms with E-state index in [1.807, 2.05) is 24.3 Å². The molecule has 6 nitrogen and oxygen atoms in total. The zero-order chi connectivity index (χ0) is 19.0. The Morgan fingerprint density at radius 1 is 1.26 bits per heavy atom. The third-order valence-corrected chi connectivity index (χ3v) is 5.84. The number of aromatic amines is 1. The van der Waals surface area contributed by atoms with Crippen molar-refractivity contribution in [1.82, 2.24) is 14.6 Å². The number of ether oxygens (including phenoxy) is 2. The van der Waals surface area contributed by atoms with Gasteiger partial charge in [-0.05, 0) is 31.0 Å². The Morgan fingerprint density at radius 3 is 2.78 bits per heavy atom. The molecular formula is C21H25N3O3. The predicted molar refractivity (Wildman–Crippen MR) is 103 cm³/mol. The molecule has 0 amide bonds. The molecule has 27 heavy (non-hydrogen) atoms. The highest BCUT2D eigenvalue weighted by molar-refractivity contribution is 5.46. The van der Waals surface area contributed by atoms with Gasteiger partial charge < -0.3 is 14.5 Å². The maximum Gasteiger partial charge on any atom is 0.275 e. The van der Waals surface area contributed by atoms with E-state index in [1.165, 1.54) is 6.33 Å². The van der Waals surface area contributed by atoms with Gasteiger partial charge >= 0.3 is 0 Å². The summed E-state index contributed by atoms with van der Waals surface area (Å²) >= 11 is 0. The van der Waals surface area contributed by atoms with Gasteiger partial charge in [-0.3, -0.25) is 4.79 Å². The van der Waals surface area contributed by atoms with Crippen LogP contribution in [0.25, 0.3) is 5.52 Å². The van der Waals surface area contributed by atoms with Crippen molar-refractivity contribution < 1.29 is 9.47 Å². The quantitative estimate of drug-likeness (QED) is 0.750. The summed E-state index contributed by atoms with van der Waals surface area (Å²) in [6, 6.07) is 13.8. The molecule has 1 aliphatic rings. The SMILES string of the molecule is CC[C@H]1O[C@@H](c2ccc3c(=O)[nH]cnn23)[C@](C)(OCc2ccccc2)[C@@H]1C. The topological polar surface area (TPSA) is 68.6 Å². The van der Waals surface area contributed by atoms with E-state index in [0.717, 1.165) is 17.7 Å². The lowest BCUT2D eigenvalue weighted by molar-refractivity contribution is -0.107. The molecule has 1 saturated heterocycles. The number of rotatable bonds is 5. The summed E-state index contributed by atoms with van der Waals surface area (Å²) in [6.45, 7) is 6.92. The number of hydrogen-bond acceptors (Lipinski definition) is 4. The first kappa shape index (κ1) is 17.9. The van der Waals surface area contributed by atoms with Crippen LogP contribution in [0.5, 0.6) is 0 Å². The number of hydrogen-bond donors (Lipinski definition) is 1. The van der Waals surface area contributed by atoms with Gasteiger partial charge in [0, 0.05) is 5.92 Å². The van der Waals surface area contributed by atoms with E-state index in [0.29, 0.717) is 12.1 Å². The van der Waals surface area contributed by atoms with Gasteiger partial charge in [0.25, 0.3) is 5.56 Å². The van der Waals surface area contributed by atoms with E-state index in [9.17, 15) is 4.79 Å². The second kappa shape index (κ2) is 6.94. The third kappa shape index (κ3) is 2.99. The maximum atomic E-state index is 12.1. The zero-order valence-electron chi connectivity index (χ0n) is 15.9. The summed E-state index contributed by atoms with van der Waals surface area (Å²) in [5.41, 5.74) is 1.78. The zero-order valence-corrected chi connectivity index (χ0v) is 15.9. The average molecular weight is 367 g/mol. The number of benzene rings is 1. The first-order chi connectivity index (χ1) is 13.0. The van der Waals surface area contributed by atoms with E-state index in [4.69, 9.17) is 9.47 Å². The van der Waals surface area contributed by atoms with E-state index in [1.54, 1.807) is 10.6 Å². The number of H-pyrrole nitrogens is 1. The van der Waals surface area contributed by atoms with E-state index in [2.05, 4.69) is 43.0 Å². The Balaban J connectivity index is 1.72. The molecule has 1 fully saturated rings. The van der Waals surface area contributed by atoms with Crippen molar-refractivity contribution in [2.75, 3.05) is 0 Å². The first-order valence-corrected chi connectivity index (χ1v) is 9.43. The standard InChI is InChI=1S/C21H25N3O3/c1-4-18-14(2)21(3,26-12-15-8-6-5-7-9-15)19(27-18)16-10-11-17-20(25)22-13-23-24(16)17/h5-11,13-14,18-19H,4,12H2,1-3H3,(H,22,23,25)/t14-,18-,19+,21-/m1/s1. The molecule has 1 aromatic carbocycles. The second-order valence-electron chi connectivity index (χ2n) is 7.38. The summed E-state index contributed by atoms with van der Waals surface area (Å²) in [5, 5.41) is 4.33. The largest absolute Gasteiger partial charge is 0.367 e. The molecule has 1 aliphatic heterocycles. The fraction of sp³-hybridized carbons (Fsp3) is 0.429. The van der Waals surface area contributed by atoms with Gasteiger partial charge in [-0.15, -0.1) is 0 Å². The highest BCUT2D eigenvalue weighted by Gasteiger charge is 2.53. The highest BCUT2D eigenvalue weighted by Crippen LogP contribution is 2.48. The van der Waals surface area contributed by atoms with Crippen molar-refractivity contribution >= 4 is 5.52 Å². The van der Waals surface area contributed by atoms with Crippen LogP contribution in [0.1, 0.15) is 44.6 Å². The molecule has 4 rings (SSSR count). The monoisotopic (exact) mass is 367 g/mol. The lowest BCUT2D eigenvalue weighted by Crippen LogP contribution is -2.39. The van der Waals surface area contributed by atoms with Crippen molar-refractivity contribution in [1.29, 1.82) is 0 Å². The minimum Gasteiger partial charge on any atom is -0.367 e. The van der Waals surface area contributed by atoms with Crippen molar-refractivity contribution in [3.8, 4) is 0 Å². The normalized spacial score (nSPS) is 28.0. The Kier molecular flexibility index (Phi) is 4.61. The van der Waals surface area contributed by atoms with Crippen LogP contribution in [-0.2, 0) is 16.1 Å². The molecular weight excluding hydrogens is 342 g/mol. The molecule has 1 N–H and O–H groups in total. The Labute approximate surface area is 158 Å². The summed E-state index contributed by atoms with van der Waals surface area (Å²) in [7, 11) is 0. The van der Waals surface area contributed by atoms with E-state index in [-0.39, 0.29) is 23.7 Å². The number of nitrogens with zero attached hydrogens (tertiary/aromatic N) is 2. The Bertz CT molecular complexity index is 981. The molecule has 0 saturated carbocycles. The predicted octanol–water partition coefficient (Wildman–Crippen LogP) is 3.48. The van der Waals surface area contributed by atoms with Gasteiger partial charge in [0.05, 0.1) is 18.4 Å². The molecule has 4 atom stereocenters. The molecule has 0 radical (unpaired) electrons. The van der Waals surface area contributed by atoms with Crippen LogP contribution in [0, 0.1) is 5.92 Å². The van der Waals surface area contributed by atoms with Gasteiger partial charge in [0.15, 0.2) is 0 Å². The minimum absolute atomic E-state index is 0.0864. The van der Waals surface area contributed by atoms with Gasteiger partial charge in [0.1, 0.15) is 23.5 Å². The van der Waals surface area contributed by atoms with Crippen LogP contribution in [0.2, 0.25) is 0 Å². The Hall–Kier alpha value is -2.44. The molecule has 3 heterocycles. The molecule has 6 heteroatoms. The van der Waals surface area contributed by atoms with E-state index < -0.39 is 5.60 Å². The Morgan fingerprint density at radius 2 is 2.04 bits per heavy atom. The summed E-state index contributed by atoms with van der Waals surface area (Å²) in [6.07, 6.45) is 2.09. The van der Waals surface area contributed by atoms with Crippen molar-refractivity contribution in [3.05, 3.63) is 70.4 Å². The number of aromatic nitrogens is 3. The molecule has 0 aliphatic carbocycles. The molecule has 2 aromatic heterocycles. The highest BCUT2D eigenvalue weighted by atomic mass is 16.6. The number of nitrogens with one attached hydrogen (secondary N) is 1. The average Bonchev–Trinajstić information content (AvgIpc) is 3.22. The smallest absolute Gasteiger partial charge is 0.275 e. The lowest BCUT2D eigenvalue weighted by Gasteiger charge is -2.34. The van der Waals surface area contributed by atoms with Crippen LogP contribution in [-0.4, -0.2) is 26.3 Å². The van der Waals surface area contributed by atoms with Gasteiger partial charge in [-0.1, -0.05) is 44.2 Å². The summed E-state index contributed by atoms with van der Waals surface area (Å²) in [5.74, 6) is 0.198. The molecule has 0 bridgehead atoms. The molecule has 0 spiro atoms. The first-order valence-electron chi connectivity index (χ1n) is 9.43. The van der Waals surface area contributed by atoms with E-state index >= 15 is 0 Å².